The first-order valence-electron chi connectivity index (χ1n) is 6.60. The largest absolute Gasteiger partial charge is 0.453 e. The van der Waals surface area contributed by atoms with E-state index >= 15 is 0 Å². The first-order valence-corrected chi connectivity index (χ1v) is 7.39. The molecular weight excluding hydrogens is 340 g/mol. The van der Waals surface area contributed by atoms with Crippen LogP contribution in [0.3, 0.4) is 0 Å². The molecule has 0 aromatic heterocycles. The number of halogens is 3. The normalized spacial score (nSPS) is 11.0. The van der Waals surface area contributed by atoms with E-state index in [0.29, 0.717) is 16.3 Å². The summed E-state index contributed by atoms with van der Waals surface area (Å²) in [6.07, 6.45) is 0. The zero-order valence-electron chi connectivity index (χ0n) is 11.8. The predicted molar refractivity (Wildman–Crippen MR) is 82.5 cm³/mol. The van der Waals surface area contributed by atoms with Gasteiger partial charge in [0, 0.05) is 18.7 Å². The van der Waals surface area contributed by atoms with Crippen molar-refractivity contribution in [1.82, 2.24) is 5.32 Å². The first kappa shape index (κ1) is 15.9. The van der Waals surface area contributed by atoms with Crippen LogP contribution in [0.25, 0.3) is 0 Å². The third-order valence-corrected chi connectivity index (χ3v) is 3.44. The molecule has 2 nitrogen and oxygen atoms in total. The van der Waals surface area contributed by atoms with Crippen LogP contribution >= 0.6 is 15.9 Å². The average Bonchev–Trinajstić information content (AvgIpc) is 2.42. The van der Waals surface area contributed by atoms with Gasteiger partial charge in [-0.15, -0.1) is 0 Å². The van der Waals surface area contributed by atoms with Gasteiger partial charge in [0.25, 0.3) is 0 Å². The molecule has 0 radical (unpaired) electrons. The minimum absolute atomic E-state index is 0.00912. The molecule has 2 aromatic carbocycles. The lowest BCUT2D eigenvalue weighted by Crippen LogP contribution is -2.21. The average molecular weight is 356 g/mol. The second-order valence-corrected chi connectivity index (χ2v) is 5.83. The van der Waals surface area contributed by atoms with E-state index in [0.717, 1.165) is 24.2 Å². The van der Waals surface area contributed by atoms with Gasteiger partial charge in [0.2, 0.25) is 0 Å². The molecule has 0 aliphatic carbocycles. The maximum atomic E-state index is 13.6. The van der Waals surface area contributed by atoms with Gasteiger partial charge in [-0.05, 0) is 45.8 Å². The lowest BCUT2D eigenvalue weighted by Gasteiger charge is -2.12. The van der Waals surface area contributed by atoms with Gasteiger partial charge in [-0.25, -0.2) is 8.78 Å². The van der Waals surface area contributed by atoms with Crippen molar-refractivity contribution < 1.29 is 13.5 Å². The molecule has 0 bridgehead atoms. The van der Waals surface area contributed by atoms with Crippen molar-refractivity contribution in [2.75, 3.05) is 0 Å². The van der Waals surface area contributed by atoms with E-state index in [1.165, 1.54) is 6.07 Å². The Bertz CT molecular complexity index is 632. The number of ether oxygens (including phenoxy) is 1. The molecule has 0 saturated heterocycles. The van der Waals surface area contributed by atoms with Gasteiger partial charge in [-0.3, -0.25) is 0 Å². The summed E-state index contributed by atoms with van der Waals surface area (Å²) in [6.45, 7) is 4.88. The maximum Gasteiger partial charge on any atom is 0.168 e. The standard InChI is InChI=1S/C16H16BrF2NO/c1-10(2)20-9-11-3-5-15(13(17)7-11)21-16-6-4-12(18)8-14(16)19/h3-8,10,20H,9H2,1-2H3. The maximum absolute atomic E-state index is 13.6. The minimum atomic E-state index is -0.729. The Morgan fingerprint density at radius 1 is 1.10 bits per heavy atom. The number of benzene rings is 2. The molecule has 0 unspecified atom stereocenters. The summed E-state index contributed by atoms with van der Waals surface area (Å²) in [4.78, 5) is 0. The van der Waals surface area contributed by atoms with Crippen LogP contribution in [0.4, 0.5) is 8.78 Å². The van der Waals surface area contributed by atoms with Crippen molar-refractivity contribution in [3.8, 4) is 11.5 Å². The summed E-state index contributed by atoms with van der Waals surface area (Å²) in [5, 5.41) is 3.31. The summed E-state index contributed by atoms with van der Waals surface area (Å²) in [5.41, 5.74) is 1.09. The van der Waals surface area contributed by atoms with E-state index in [-0.39, 0.29) is 5.75 Å². The van der Waals surface area contributed by atoms with Crippen LogP contribution in [0.5, 0.6) is 11.5 Å². The van der Waals surface area contributed by atoms with Crippen molar-refractivity contribution in [2.24, 2.45) is 0 Å². The Labute approximate surface area is 131 Å². The van der Waals surface area contributed by atoms with Crippen LogP contribution in [0.1, 0.15) is 19.4 Å². The lowest BCUT2D eigenvalue weighted by molar-refractivity contribution is 0.435. The van der Waals surface area contributed by atoms with Gasteiger partial charge in [0.1, 0.15) is 11.6 Å². The van der Waals surface area contributed by atoms with E-state index in [2.05, 4.69) is 35.1 Å². The summed E-state index contributed by atoms with van der Waals surface area (Å²) in [5.74, 6) is -0.888. The SMILES string of the molecule is CC(C)NCc1ccc(Oc2ccc(F)cc2F)c(Br)c1. The van der Waals surface area contributed by atoms with Crippen LogP contribution in [-0.2, 0) is 6.54 Å². The summed E-state index contributed by atoms with van der Waals surface area (Å²) in [7, 11) is 0. The highest BCUT2D eigenvalue weighted by molar-refractivity contribution is 9.10. The van der Waals surface area contributed by atoms with Crippen LogP contribution in [0.15, 0.2) is 40.9 Å². The molecule has 0 heterocycles. The Kier molecular flexibility index (Phi) is 5.31. The van der Waals surface area contributed by atoms with Gasteiger partial charge in [0.05, 0.1) is 4.47 Å². The molecule has 112 valence electrons. The Balaban J connectivity index is 2.13. The summed E-state index contributed by atoms with van der Waals surface area (Å²) < 4.78 is 32.6. The van der Waals surface area contributed by atoms with Gasteiger partial charge >= 0.3 is 0 Å². The molecule has 5 heteroatoms. The molecule has 0 aliphatic heterocycles. The summed E-state index contributed by atoms with van der Waals surface area (Å²) >= 11 is 3.40. The smallest absolute Gasteiger partial charge is 0.168 e. The quantitative estimate of drug-likeness (QED) is 0.813. The van der Waals surface area contributed by atoms with Crippen LogP contribution < -0.4 is 10.1 Å². The highest BCUT2D eigenvalue weighted by Gasteiger charge is 2.09. The third kappa shape index (κ3) is 4.51. The van der Waals surface area contributed by atoms with E-state index in [9.17, 15) is 8.78 Å². The van der Waals surface area contributed by atoms with E-state index < -0.39 is 11.6 Å². The minimum Gasteiger partial charge on any atom is -0.453 e. The van der Waals surface area contributed by atoms with Gasteiger partial charge in [0.15, 0.2) is 11.6 Å². The Hall–Kier alpha value is -1.46. The van der Waals surface area contributed by atoms with Gasteiger partial charge in [-0.2, -0.15) is 0 Å². The van der Waals surface area contributed by atoms with Gasteiger partial charge in [-0.1, -0.05) is 19.9 Å². The molecule has 0 spiro atoms. The van der Waals surface area contributed by atoms with Crippen molar-refractivity contribution >= 4 is 15.9 Å². The predicted octanol–water partition coefficient (Wildman–Crippen LogP) is 5.02. The van der Waals surface area contributed by atoms with Crippen molar-refractivity contribution in [3.05, 3.63) is 58.1 Å². The molecule has 0 atom stereocenters. The van der Waals surface area contributed by atoms with E-state index in [1.54, 1.807) is 6.07 Å². The number of rotatable bonds is 5. The Morgan fingerprint density at radius 3 is 2.43 bits per heavy atom. The monoisotopic (exact) mass is 355 g/mol. The van der Waals surface area contributed by atoms with Crippen LogP contribution in [0.2, 0.25) is 0 Å². The second kappa shape index (κ2) is 7.00. The molecule has 0 fully saturated rings. The third-order valence-electron chi connectivity index (χ3n) is 2.82. The van der Waals surface area contributed by atoms with E-state index in [4.69, 9.17) is 4.74 Å². The lowest BCUT2D eigenvalue weighted by atomic mass is 10.2. The zero-order chi connectivity index (χ0) is 15.4. The highest BCUT2D eigenvalue weighted by atomic mass is 79.9. The van der Waals surface area contributed by atoms with E-state index in [1.807, 2.05) is 12.1 Å². The molecule has 1 N–H and O–H groups in total. The molecule has 2 aromatic rings. The number of hydrogen-bond donors (Lipinski definition) is 1. The second-order valence-electron chi connectivity index (χ2n) is 4.98. The molecular formula is C16H16BrF2NO. The fourth-order valence-electron chi connectivity index (χ4n) is 1.74. The fourth-order valence-corrected chi connectivity index (χ4v) is 2.24. The molecule has 0 saturated carbocycles. The van der Waals surface area contributed by atoms with Crippen molar-refractivity contribution in [1.29, 1.82) is 0 Å². The first-order chi connectivity index (χ1) is 9.95. The molecule has 0 amide bonds. The summed E-state index contributed by atoms with van der Waals surface area (Å²) in [6, 6.07) is 9.18. The van der Waals surface area contributed by atoms with Crippen LogP contribution in [0, 0.1) is 11.6 Å². The molecule has 2 rings (SSSR count). The number of nitrogens with one attached hydrogen (secondary N) is 1. The van der Waals surface area contributed by atoms with Crippen molar-refractivity contribution in [3.63, 3.8) is 0 Å². The number of hydrogen-bond acceptors (Lipinski definition) is 2. The van der Waals surface area contributed by atoms with Crippen molar-refractivity contribution in [2.45, 2.75) is 26.4 Å². The zero-order valence-corrected chi connectivity index (χ0v) is 13.4. The Morgan fingerprint density at radius 2 is 1.81 bits per heavy atom. The highest BCUT2D eigenvalue weighted by Crippen LogP contribution is 2.32. The van der Waals surface area contributed by atoms with Gasteiger partial charge < -0.3 is 10.1 Å². The molecule has 21 heavy (non-hydrogen) atoms. The molecule has 0 aliphatic rings. The fraction of sp³-hybridized carbons (Fsp3) is 0.250. The van der Waals surface area contributed by atoms with Crippen LogP contribution in [-0.4, -0.2) is 6.04 Å². The topological polar surface area (TPSA) is 21.3 Å².